The summed E-state index contributed by atoms with van der Waals surface area (Å²) in [6.07, 6.45) is 4.90. The molecule has 0 bridgehead atoms. The number of benzene rings is 1. The highest BCUT2D eigenvalue weighted by atomic mass is 16.5. The molecule has 0 aliphatic carbocycles. The number of aromatic nitrogens is 1. The molecule has 0 N–H and O–H groups in total. The Hall–Kier alpha value is -3.28. The van der Waals surface area contributed by atoms with E-state index in [1.807, 2.05) is 36.6 Å². The Morgan fingerprint density at radius 1 is 1.06 bits per heavy atom. The van der Waals surface area contributed by atoms with E-state index in [9.17, 15) is 9.59 Å². The van der Waals surface area contributed by atoms with Gasteiger partial charge in [-0.2, -0.15) is 0 Å². The van der Waals surface area contributed by atoms with Gasteiger partial charge in [0.1, 0.15) is 11.5 Å². The van der Waals surface area contributed by atoms with E-state index in [-0.39, 0.29) is 12.4 Å². The molecule has 6 heteroatoms. The second kappa shape index (κ2) is 10.7. The Labute approximate surface area is 182 Å². The molecule has 0 aliphatic rings. The monoisotopic (exact) mass is 423 g/mol. The minimum absolute atomic E-state index is 0.233. The molecule has 0 unspecified atom stereocenters. The molecule has 3 aromatic rings. The molecule has 2 heterocycles. The van der Waals surface area contributed by atoms with Crippen LogP contribution in [0.4, 0.5) is 0 Å². The number of nitrogens with zero attached hydrogens (tertiary/aromatic N) is 1. The maximum Gasteiger partial charge on any atom is 0.338 e. The summed E-state index contributed by atoms with van der Waals surface area (Å²) in [5.74, 6) is 0.760. The molecule has 0 saturated heterocycles. The van der Waals surface area contributed by atoms with E-state index < -0.39 is 5.97 Å². The number of hydrogen-bond donors (Lipinski definition) is 0. The van der Waals surface area contributed by atoms with Crippen molar-refractivity contribution in [2.45, 2.75) is 46.6 Å². The zero-order valence-corrected chi connectivity index (χ0v) is 18.3. The van der Waals surface area contributed by atoms with Crippen molar-refractivity contribution >= 4 is 11.8 Å². The fourth-order valence-electron chi connectivity index (χ4n) is 3.41. The third-order valence-corrected chi connectivity index (χ3v) is 5.21. The van der Waals surface area contributed by atoms with E-state index >= 15 is 0 Å². The Morgan fingerprint density at radius 3 is 2.52 bits per heavy atom. The van der Waals surface area contributed by atoms with Gasteiger partial charge in [-0.1, -0.05) is 19.8 Å². The van der Waals surface area contributed by atoms with Gasteiger partial charge in [-0.3, -0.25) is 4.79 Å². The molecule has 0 amide bonds. The van der Waals surface area contributed by atoms with Gasteiger partial charge in [0.2, 0.25) is 5.78 Å². The highest BCUT2D eigenvalue weighted by Crippen LogP contribution is 2.19. The highest BCUT2D eigenvalue weighted by Gasteiger charge is 2.18. The van der Waals surface area contributed by atoms with E-state index in [1.165, 1.54) is 0 Å². The van der Waals surface area contributed by atoms with Gasteiger partial charge in [-0.15, -0.1) is 0 Å². The molecule has 0 radical (unpaired) electrons. The van der Waals surface area contributed by atoms with E-state index in [2.05, 4.69) is 6.92 Å². The number of unbranched alkanes of at least 4 members (excludes halogenated alkanes) is 2. The number of hydrogen-bond acceptors (Lipinski definition) is 5. The van der Waals surface area contributed by atoms with E-state index in [1.54, 1.807) is 30.5 Å². The number of ketones is 1. The predicted octanol–water partition coefficient (Wildman–Crippen LogP) is 5.35. The van der Waals surface area contributed by atoms with Crippen LogP contribution < -0.4 is 4.74 Å². The van der Waals surface area contributed by atoms with Crippen molar-refractivity contribution in [1.29, 1.82) is 0 Å². The summed E-state index contributed by atoms with van der Waals surface area (Å²) in [7, 11) is 0. The molecular weight excluding hydrogens is 394 g/mol. The first kappa shape index (κ1) is 22.4. The molecule has 0 atom stereocenters. The van der Waals surface area contributed by atoms with Crippen LogP contribution >= 0.6 is 0 Å². The minimum Gasteiger partial charge on any atom is -0.494 e. The van der Waals surface area contributed by atoms with Crippen molar-refractivity contribution in [1.82, 2.24) is 4.57 Å². The average molecular weight is 424 g/mol. The van der Waals surface area contributed by atoms with Gasteiger partial charge in [-0.05, 0) is 62.7 Å². The summed E-state index contributed by atoms with van der Waals surface area (Å²) >= 11 is 0. The molecular formula is C25H29NO5. The molecule has 1 aromatic carbocycles. The zero-order chi connectivity index (χ0) is 22.2. The van der Waals surface area contributed by atoms with Crippen LogP contribution in [-0.4, -0.2) is 29.5 Å². The SMILES string of the molecule is CCCCCOc1ccc(C(=O)OCC(=O)c2cc(C)n(Cc3ccco3)c2C)cc1. The summed E-state index contributed by atoms with van der Waals surface area (Å²) in [5.41, 5.74) is 2.70. The lowest BCUT2D eigenvalue weighted by Gasteiger charge is -2.09. The van der Waals surface area contributed by atoms with Gasteiger partial charge >= 0.3 is 5.97 Å². The third kappa shape index (κ3) is 5.87. The van der Waals surface area contributed by atoms with Crippen LogP contribution in [0.3, 0.4) is 0 Å². The van der Waals surface area contributed by atoms with Crippen molar-refractivity contribution in [2.75, 3.05) is 13.2 Å². The smallest absolute Gasteiger partial charge is 0.338 e. The van der Waals surface area contributed by atoms with Gasteiger partial charge < -0.3 is 18.5 Å². The first-order valence-electron chi connectivity index (χ1n) is 10.6. The predicted molar refractivity (Wildman–Crippen MR) is 118 cm³/mol. The van der Waals surface area contributed by atoms with Crippen molar-refractivity contribution < 1.29 is 23.5 Å². The summed E-state index contributed by atoms with van der Waals surface area (Å²) < 4.78 is 18.3. The van der Waals surface area contributed by atoms with Gasteiger partial charge in [-0.25, -0.2) is 4.79 Å². The van der Waals surface area contributed by atoms with Crippen molar-refractivity contribution in [2.24, 2.45) is 0 Å². The largest absolute Gasteiger partial charge is 0.494 e. The standard InChI is InChI=1S/C25H29NO5/c1-4-5-6-13-29-21-11-9-20(10-12-21)25(28)31-17-24(27)23-15-18(2)26(19(23)3)16-22-8-7-14-30-22/h7-12,14-15H,4-6,13,16-17H2,1-3H3. The molecule has 3 rings (SSSR count). The van der Waals surface area contributed by atoms with Crippen molar-refractivity contribution in [3.63, 3.8) is 0 Å². The molecule has 0 saturated carbocycles. The number of carbonyl (C=O) groups is 2. The van der Waals surface area contributed by atoms with E-state index in [0.717, 1.165) is 36.4 Å². The summed E-state index contributed by atoms with van der Waals surface area (Å²) in [5, 5.41) is 0. The van der Waals surface area contributed by atoms with Gasteiger partial charge in [0.15, 0.2) is 6.61 Å². The summed E-state index contributed by atoms with van der Waals surface area (Å²) in [6, 6.07) is 12.3. The normalized spacial score (nSPS) is 10.8. The van der Waals surface area contributed by atoms with Crippen molar-refractivity contribution in [3.05, 3.63) is 77.0 Å². The fourth-order valence-corrected chi connectivity index (χ4v) is 3.41. The zero-order valence-electron chi connectivity index (χ0n) is 18.3. The number of carbonyl (C=O) groups excluding carboxylic acids is 2. The van der Waals surface area contributed by atoms with E-state index in [4.69, 9.17) is 13.9 Å². The minimum atomic E-state index is -0.532. The number of esters is 1. The summed E-state index contributed by atoms with van der Waals surface area (Å²) in [6.45, 7) is 6.85. The van der Waals surface area contributed by atoms with Gasteiger partial charge in [0.05, 0.1) is 25.0 Å². The number of furan rings is 1. The Bertz CT molecular complexity index is 999. The quantitative estimate of drug-likeness (QED) is 0.236. The molecule has 6 nitrogen and oxygen atoms in total. The topological polar surface area (TPSA) is 70.7 Å². The first-order chi connectivity index (χ1) is 15.0. The Morgan fingerprint density at radius 2 is 1.84 bits per heavy atom. The number of ether oxygens (including phenoxy) is 2. The van der Waals surface area contributed by atoms with Crippen molar-refractivity contribution in [3.8, 4) is 5.75 Å². The highest BCUT2D eigenvalue weighted by molar-refractivity contribution is 6.00. The van der Waals surface area contributed by atoms with Crippen LogP contribution in [0.5, 0.6) is 5.75 Å². The number of aryl methyl sites for hydroxylation is 1. The molecule has 0 fully saturated rings. The molecule has 0 aliphatic heterocycles. The lowest BCUT2D eigenvalue weighted by molar-refractivity contribution is 0.0474. The van der Waals surface area contributed by atoms with Crippen LogP contribution in [0.15, 0.2) is 53.1 Å². The van der Waals surface area contributed by atoms with E-state index in [0.29, 0.717) is 30.0 Å². The maximum atomic E-state index is 12.7. The first-order valence-corrected chi connectivity index (χ1v) is 10.6. The summed E-state index contributed by atoms with van der Waals surface area (Å²) in [4.78, 5) is 25.0. The van der Waals surface area contributed by atoms with Crippen LogP contribution in [0.1, 0.15) is 64.1 Å². The second-order valence-electron chi connectivity index (χ2n) is 7.53. The third-order valence-electron chi connectivity index (χ3n) is 5.21. The molecule has 31 heavy (non-hydrogen) atoms. The average Bonchev–Trinajstić information content (AvgIpc) is 3.39. The Balaban J connectivity index is 1.55. The lowest BCUT2D eigenvalue weighted by Crippen LogP contribution is -2.15. The maximum absolute atomic E-state index is 12.7. The van der Waals surface area contributed by atoms with Gasteiger partial charge in [0, 0.05) is 17.0 Å². The Kier molecular flexibility index (Phi) is 7.70. The molecule has 2 aromatic heterocycles. The molecule has 164 valence electrons. The van der Waals surface area contributed by atoms with Crippen LogP contribution in [0.25, 0.3) is 0 Å². The number of rotatable bonds is 11. The fraction of sp³-hybridized carbons (Fsp3) is 0.360. The van der Waals surface area contributed by atoms with Crippen LogP contribution in [0.2, 0.25) is 0 Å². The molecule has 0 spiro atoms. The van der Waals surface area contributed by atoms with Gasteiger partial charge in [0.25, 0.3) is 0 Å². The number of Topliss-reactive ketones (excluding diaryl/α,β-unsaturated/α-hetero) is 1. The second-order valence-corrected chi connectivity index (χ2v) is 7.53. The van der Waals surface area contributed by atoms with Crippen LogP contribution in [-0.2, 0) is 11.3 Å². The lowest BCUT2D eigenvalue weighted by atomic mass is 10.1. The van der Waals surface area contributed by atoms with Crippen LogP contribution in [0, 0.1) is 13.8 Å².